The largest absolute Gasteiger partial charge is 0.508 e. The molecule has 0 aliphatic carbocycles. The van der Waals surface area contributed by atoms with Crippen molar-refractivity contribution in [3.8, 4) is 5.75 Å². The van der Waals surface area contributed by atoms with E-state index in [0.717, 1.165) is 42.9 Å². The highest BCUT2D eigenvalue weighted by atomic mass is 16.6. The second-order valence-corrected chi connectivity index (χ2v) is 12.5. The molecule has 0 aliphatic heterocycles. The van der Waals surface area contributed by atoms with Gasteiger partial charge >= 0.3 is 6.09 Å². The van der Waals surface area contributed by atoms with Crippen LogP contribution in [0.3, 0.4) is 0 Å². The van der Waals surface area contributed by atoms with Crippen molar-refractivity contribution in [1.82, 2.24) is 10.2 Å². The minimum Gasteiger partial charge on any atom is -0.508 e. The highest BCUT2D eigenvalue weighted by Crippen LogP contribution is 2.32. The average molecular weight is 633 g/mol. The second-order valence-electron chi connectivity index (χ2n) is 12.5. The van der Waals surface area contributed by atoms with E-state index in [2.05, 4.69) is 17.6 Å². The number of anilines is 1. The number of aromatic hydroxyl groups is 1. The van der Waals surface area contributed by atoms with Gasteiger partial charge in [0.05, 0.1) is 0 Å². The van der Waals surface area contributed by atoms with Gasteiger partial charge in [-0.2, -0.15) is 0 Å². The molecule has 2 unspecified atom stereocenters. The molecule has 248 valence electrons. The van der Waals surface area contributed by atoms with Crippen molar-refractivity contribution < 1.29 is 29.0 Å². The number of unbranched alkanes of at least 4 members (excludes halogenated alkanes) is 5. The summed E-state index contributed by atoms with van der Waals surface area (Å²) < 4.78 is 5.41. The Bertz CT molecular complexity index is 1480. The summed E-state index contributed by atoms with van der Waals surface area (Å²) in [5.74, 6) is -1.93. The Hall–Kier alpha value is -4.60. The van der Waals surface area contributed by atoms with Gasteiger partial charge < -0.3 is 31.1 Å². The molecule has 0 saturated heterocycles. The molecule has 46 heavy (non-hydrogen) atoms. The average Bonchev–Trinajstić information content (AvgIpc) is 2.99. The van der Waals surface area contributed by atoms with Gasteiger partial charge in [0.25, 0.3) is 5.91 Å². The lowest BCUT2D eigenvalue weighted by Gasteiger charge is -2.35. The number of ether oxygens (including phenoxy) is 1. The molecule has 0 saturated carbocycles. The highest BCUT2D eigenvalue weighted by molar-refractivity contribution is 6.00. The predicted molar refractivity (Wildman–Crippen MR) is 180 cm³/mol. The van der Waals surface area contributed by atoms with Crippen molar-refractivity contribution in [2.75, 3.05) is 11.9 Å². The normalized spacial score (nSPS) is 12.6. The molecule has 0 aromatic heterocycles. The molecule has 5 N–H and O–H groups in total. The van der Waals surface area contributed by atoms with Crippen LogP contribution in [0, 0.1) is 0 Å². The monoisotopic (exact) mass is 632 g/mol. The fourth-order valence-electron chi connectivity index (χ4n) is 5.27. The van der Waals surface area contributed by atoms with Crippen molar-refractivity contribution in [1.29, 1.82) is 0 Å². The number of nitrogens with zero attached hydrogens (tertiary/aromatic N) is 1. The Labute approximate surface area is 271 Å². The number of phenolic OH excluding ortho intramolecular Hbond substituents is 1. The Kier molecular flexibility index (Phi) is 13.4. The number of hydrogen-bond donors (Lipinski definition) is 4. The Morgan fingerprint density at radius 3 is 2.22 bits per heavy atom. The van der Waals surface area contributed by atoms with Crippen LogP contribution in [0.25, 0.3) is 10.8 Å². The smallest absolute Gasteiger partial charge is 0.408 e. The fourth-order valence-corrected chi connectivity index (χ4v) is 5.27. The van der Waals surface area contributed by atoms with Crippen molar-refractivity contribution in [3.63, 3.8) is 0 Å². The summed E-state index contributed by atoms with van der Waals surface area (Å²) in [6, 6.07) is 17.2. The third kappa shape index (κ3) is 11.1. The molecule has 3 aromatic carbocycles. The second kappa shape index (κ2) is 17.2. The standard InChI is InChI=1S/C36H48N4O6/c1-5-6-7-8-9-14-23-40(34(44)29(21-22-31(37)42)39-35(45)46-36(2,3)4)32(28-17-12-13-18-30(28)41)33(43)38-27-20-19-25-15-10-11-16-26(25)24-27/h10-13,15-20,24,29,32,41H,5-9,14,21-23H2,1-4H3,(H2,37,42)(H,38,43)(H,39,45). The number of nitrogens with one attached hydrogen (secondary N) is 2. The number of primary amides is 1. The Morgan fingerprint density at radius 2 is 1.54 bits per heavy atom. The zero-order valence-electron chi connectivity index (χ0n) is 27.4. The van der Waals surface area contributed by atoms with E-state index in [9.17, 15) is 24.3 Å². The molecule has 4 amide bonds. The first-order valence-electron chi connectivity index (χ1n) is 16.1. The molecule has 0 radical (unpaired) electrons. The van der Waals surface area contributed by atoms with Crippen molar-refractivity contribution in [2.24, 2.45) is 5.73 Å². The number of rotatable bonds is 16. The molecular formula is C36H48N4O6. The maximum atomic E-state index is 14.4. The number of amides is 4. The third-order valence-electron chi connectivity index (χ3n) is 7.51. The van der Waals surface area contributed by atoms with Crippen LogP contribution in [-0.2, 0) is 19.1 Å². The molecule has 10 heteroatoms. The molecule has 0 spiro atoms. The number of hydrogen-bond acceptors (Lipinski definition) is 6. The number of benzene rings is 3. The van der Waals surface area contributed by atoms with E-state index in [0.29, 0.717) is 12.1 Å². The van der Waals surface area contributed by atoms with Gasteiger partial charge in [-0.1, -0.05) is 87.6 Å². The molecule has 3 aromatic rings. The summed E-state index contributed by atoms with van der Waals surface area (Å²) in [5.41, 5.74) is 5.34. The van der Waals surface area contributed by atoms with E-state index < -0.39 is 41.5 Å². The molecule has 10 nitrogen and oxygen atoms in total. The molecule has 0 fully saturated rings. The van der Waals surface area contributed by atoms with Crippen molar-refractivity contribution in [3.05, 3.63) is 72.3 Å². The van der Waals surface area contributed by atoms with Gasteiger partial charge in [-0.3, -0.25) is 14.4 Å². The van der Waals surface area contributed by atoms with Gasteiger partial charge in [0.2, 0.25) is 11.8 Å². The predicted octanol–water partition coefficient (Wildman–Crippen LogP) is 6.57. The van der Waals surface area contributed by atoms with Crippen LogP contribution in [0.4, 0.5) is 10.5 Å². The molecule has 0 aliphatic rings. The first kappa shape index (κ1) is 35.9. The van der Waals surface area contributed by atoms with Crippen LogP contribution in [0.15, 0.2) is 66.7 Å². The van der Waals surface area contributed by atoms with Gasteiger partial charge in [0, 0.05) is 24.2 Å². The summed E-state index contributed by atoms with van der Waals surface area (Å²) >= 11 is 0. The van der Waals surface area contributed by atoms with Crippen molar-refractivity contribution in [2.45, 2.75) is 96.7 Å². The van der Waals surface area contributed by atoms with Crippen molar-refractivity contribution >= 4 is 40.3 Å². The number of phenols is 1. The van der Waals surface area contributed by atoms with Gasteiger partial charge in [0.15, 0.2) is 0 Å². The summed E-state index contributed by atoms with van der Waals surface area (Å²) in [5, 5.41) is 18.4. The quantitative estimate of drug-likeness (QED) is 0.131. The van der Waals surface area contributed by atoms with Crippen LogP contribution < -0.4 is 16.4 Å². The first-order valence-corrected chi connectivity index (χ1v) is 16.1. The fraction of sp³-hybridized carbons (Fsp3) is 0.444. The van der Waals surface area contributed by atoms with Crippen LogP contribution in [0.1, 0.15) is 90.7 Å². The van der Waals surface area contributed by atoms with Gasteiger partial charge in [-0.05, 0) is 62.6 Å². The molecule has 0 bridgehead atoms. The van der Waals surface area contributed by atoms with Gasteiger partial charge in [-0.15, -0.1) is 0 Å². The van der Waals surface area contributed by atoms with Crippen LogP contribution in [0.2, 0.25) is 0 Å². The number of alkyl carbamates (subject to hydrolysis) is 1. The topological polar surface area (TPSA) is 151 Å². The van der Waals surface area contributed by atoms with E-state index in [1.165, 1.54) is 11.0 Å². The lowest BCUT2D eigenvalue weighted by Crippen LogP contribution is -2.52. The molecule has 3 rings (SSSR count). The van der Waals surface area contributed by atoms with Gasteiger partial charge in [-0.25, -0.2) is 4.79 Å². The van der Waals surface area contributed by atoms with Crippen LogP contribution >= 0.6 is 0 Å². The number of carbonyl (C=O) groups excluding carboxylic acids is 4. The van der Waals surface area contributed by atoms with E-state index in [4.69, 9.17) is 10.5 Å². The lowest BCUT2D eigenvalue weighted by atomic mass is 9.99. The summed E-state index contributed by atoms with van der Waals surface area (Å²) in [6.07, 6.45) is 4.49. The minimum absolute atomic E-state index is 0.0970. The maximum Gasteiger partial charge on any atom is 0.408 e. The van der Waals surface area contributed by atoms with Gasteiger partial charge in [0.1, 0.15) is 23.4 Å². The summed E-state index contributed by atoms with van der Waals surface area (Å²) in [4.78, 5) is 54.6. The number of fused-ring (bicyclic) bond motifs is 1. The van der Waals surface area contributed by atoms with E-state index in [1.54, 1.807) is 45.0 Å². The Morgan fingerprint density at radius 1 is 0.891 bits per heavy atom. The molecule has 2 atom stereocenters. The molecule has 0 heterocycles. The van der Waals surface area contributed by atoms with E-state index >= 15 is 0 Å². The zero-order chi connectivity index (χ0) is 33.7. The third-order valence-corrected chi connectivity index (χ3v) is 7.51. The van der Waals surface area contributed by atoms with E-state index in [-0.39, 0.29) is 30.7 Å². The number of carbonyl (C=O) groups is 4. The number of para-hydroxylation sites is 1. The zero-order valence-corrected chi connectivity index (χ0v) is 27.4. The van der Waals surface area contributed by atoms with E-state index in [1.807, 2.05) is 36.4 Å². The summed E-state index contributed by atoms with van der Waals surface area (Å²) in [7, 11) is 0. The minimum atomic E-state index is -1.26. The van der Waals surface area contributed by atoms with Crippen LogP contribution in [-0.4, -0.2) is 52.0 Å². The lowest BCUT2D eigenvalue weighted by molar-refractivity contribution is -0.141. The molecular weight excluding hydrogens is 584 g/mol. The van der Waals surface area contributed by atoms with Crippen LogP contribution in [0.5, 0.6) is 5.75 Å². The number of nitrogens with two attached hydrogens (primary N) is 1. The SMILES string of the molecule is CCCCCCCCN(C(=O)C(CCC(N)=O)NC(=O)OC(C)(C)C)C(C(=O)Nc1ccc2ccccc2c1)c1ccccc1O. The Balaban J connectivity index is 2.03. The maximum absolute atomic E-state index is 14.4. The summed E-state index contributed by atoms with van der Waals surface area (Å²) in [6.45, 7) is 7.39. The first-order chi connectivity index (χ1) is 21.9. The highest BCUT2D eigenvalue weighted by Gasteiger charge is 2.37.